The molecule has 1 saturated heterocycles. The van der Waals surface area contributed by atoms with Crippen LogP contribution in [0.1, 0.15) is 51.7 Å². The van der Waals surface area contributed by atoms with Crippen LogP contribution in [0.3, 0.4) is 0 Å². The van der Waals surface area contributed by atoms with Crippen molar-refractivity contribution in [1.82, 2.24) is 20.0 Å². The molecule has 8 nitrogen and oxygen atoms in total. The van der Waals surface area contributed by atoms with Crippen molar-refractivity contribution < 1.29 is 18.8 Å². The van der Waals surface area contributed by atoms with E-state index in [2.05, 4.69) is 45.3 Å². The molecule has 3 rings (SSSR count). The van der Waals surface area contributed by atoms with Gasteiger partial charge >= 0.3 is 0 Å². The molecule has 0 bridgehead atoms. The number of nitrogens with zero attached hydrogens (tertiary/aromatic N) is 3. The average Bonchev–Trinajstić information content (AvgIpc) is 2.90. The molecule has 1 heterocycles. The van der Waals surface area contributed by atoms with Crippen molar-refractivity contribution in [3.8, 4) is 0 Å². The number of hydrogen-bond donors (Lipinski definition) is 2. The maximum Gasteiger partial charge on any atom is 0.236 e. The van der Waals surface area contributed by atoms with Crippen LogP contribution < -0.4 is 10.6 Å². The molecule has 2 aromatic rings. The second kappa shape index (κ2) is 18.7. The van der Waals surface area contributed by atoms with E-state index in [9.17, 15) is 18.8 Å². The Balaban J connectivity index is 0.000000393. The van der Waals surface area contributed by atoms with Crippen molar-refractivity contribution in [3.05, 3.63) is 63.4 Å². The molecule has 1 unspecified atom stereocenters. The number of piperazine rings is 1. The topological polar surface area (TPSA) is 85.0 Å². The summed E-state index contributed by atoms with van der Waals surface area (Å²) in [5.74, 6) is -0.128. The number of carbonyl (C=O) groups excluding carboxylic acids is 3. The van der Waals surface area contributed by atoms with E-state index >= 15 is 0 Å². The van der Waals surface area contributed by atoms with Crippen molar-refractivity contribution >= 4 is 47.6 Å². The second-order valence-corrected chi connectivity index (χ2v) is 12.9. The van der Waals surface area contributed by atoms with Crippen LogP contribution in [-0.2, 0) is 20.9 Å². The van der Waals surface area contributed by atoms with E-state index in [0.29, 0.717) is 73.9 Å². The van der Waals surface area contributed by atoms with Gasteiger partial charge in [-0.25, -0.2) is 4.39 Å². The van der Waals surface area contributed by atoms with E-state index in [1.165, 1.54) is 12.1 Å². The van der Waals surface area contributed by atoms with Crippen molar-refractivity contribution in [2.45, 2.75) is 47.1 Å². The summed E-state index contributed by atoms with van der Waals surface area (Å²) >= 11 is 11.7. The Morgan fingerprint density at radius 1 is 1.07 bits per heavy atom. The third-order valence-electron chi connectivity index (χ3n) is 5.81. The summed E-state index contributed by atoms with van der Waals surface area (Å²) in [4.78, 5) is 38.0. The highest BCUT2D eigenvalue weighted by Crippen LogP contribution is 2.24. The van der Waals surface area contributed by atoms with Crippen molar-refractivity contribution in [2.24, 2.45) is 5.41 Å². The molecule has 234 valence electrons. The summed E-state index contributed by atoms with van der Waals surface area (Å²) in [5.41, 5.74) is 2.75. The lowest BCUT2D eigenvalue weighted by molar-refractivity contribution is -0.135. The monoisotopic (exact) mass is 625 g/mol. The minimum atomic E-state index is -0.511. The number of halogens is 3. The summed E-state index contributed by atoms with van der Waals surface area (Å²) in [6.45, 7) is 15.0. The average molecular weight is 627 g/mol. The van der Waals surface area contributed by atoms with Crippen LogP contribution in [0.4, 0.5) is 10.1 Å². The van der Waals surface area contributed by atoms with Gasteiger partial charge in [0.2, 0.25) is 18.7 Å². The van der Waals surface area contributed by atoms with Gasteiger partial charge in [-0.1, -0.05) is 70.0 Å². The smallest absolute Gasteiger partial charge is 0.236 e. The molecule has 2 N–H and O–H groups in total. The molecule has 11 heteroatoms. The van der Waals surface area contributed by atoms with Crippen LogP contribution in [0.2, 0.25) is 10.0 Å². The van der Waals surface area contributed by atoms with Gasteiger partial charge < -0.3 is 25.3 Å². The van der Waals surface area contributed by atoms with E-state index in [4.69, 9.17) is 23.2 Å². The Kier molecular flexibility index (Phi) is 16.6. The minimum Gasteiger partial charge on any atom is -0.342 e. The quantitative estimate of drug-likeness (QED) is 0.341. The first-order valence-electron chi connectivity index (χ1n) is 13.9. The van der Waals surface area contributed by atoms with E-state index in [-0.39, 0.29) is 16.8 Å². The summed E-state index contributed by atoms with van der Waals surface area (Å²) in [6, 6.07) is 10.4. The fraction of sp³-hybridized carbons (Fsp3) is 0.516. The molecular weight excluding hydrogens is 580 g/mol. The summed E-state index contributed by atoms with van der Waals surface area (Å²) in [5, 5.41) is 6.47. The molecule has 2 aromatic carbocycles. The highest BCUT2D eigenvalue weighted by Gasteiger charge is 2.20. The maximum absolute atomic E-state index is 13.6. The molecule has 1 atom stereocenters. The van der Waals surface area contributed by atoms with E-state index < -0.39 is 5.82 Å². The van der Waals surface area contributed by atoms with Gasteiger partial charge in [0, 0.05) is 50.0 Å². The molecule has 1 fully saturated rings. The third-order valence-corrected chi connectivity index (χ3v) is 6.34. The molecule has 0 aromatic heterocycles. The van der Waals surface area contributed by atoms with Gasteiger partial charge in [-0.15, -0.1) is 0 Å². The first-order valence-corrected chi connectivity index (χ1v) is 14.7. The fourth-order valence-corrected chi connectivity index (χ4v) is 4.10. The lowest BCUT2D eigenvalue weighted by Crippen LogP contribution is -2.50. The molecule has 3 amide bonds. The van der Waals surface area contributed by atoms with Crippen LogP contribution in [0.15, 0.2) is 36.4 Å². The molecule has 1 aliphatic rings. The van der Waals surface area contributed by atoms with E-state index in [1.807, 2.05) is 43.3 Å². The Labute approximate surface area is 260 Å². The number of nitrogens with one attached hydrogen (secondary N) is 2. The van der Waals surface area contributed by atoms with E-state index in [0.717, 1.165) is 12.0 Å². The highest BCUT2D eigenvalue weighted by molar-refractivity contribution is 6.31. The van der Waals surface area contributed by atoms with Gasteiger partial charge in [-0.2, -0.15) is 0 Å². The normalized spacial score (nSPS) is 13.8. The molecule has 0 radical (unpaired) electrons. The predicted molar refractivity (Wildman–Crippen MR) is 171 cm³/mol. The Hall–Kier alpha value is -2.72. The number of rotatable bonds is 10. The number of anilines is 1. The largest absolute Gasteiger partial charge is 0.342 e. The number of benzene rings is 2. The standard InChI is InChI=1S/C17H17Cl2FN2O.C9H17N3O2.C5H12/c1-11(12-3-2-4-14(18)5-12)8-21-9-13-6-16(20)15(19)7-17(13)22-10-23;1-10(2)7-9(14)12-5-3-11(8-13)4-6-12;1-5(2,3)4/h2-7,10-11,21H,8-9H2,1H3,(H,22,23);8H,3-7H2,1-2H3;1-4H3. The summed E-state index contributed by atoms with van der Waals surface area (Å²) in [7, 11) is 3.75. The number of hydrogen-bond acceptors (Lipinski definition) is 5. The molecule has 0 saturated carbocycles. The zero-order valence-corrected chi connectivity index (χ0v) is 27.4. The van der Waals surface area contributed by atoms with Gasteiger partial charge in [-0.3, -0.25) is 14.4 Å². The summed E-state index contributed by atoms with van der Waals surface area (Å²) in [6.07, 6.45) is 1.38. The molecule has 0 spiro atoms. The fourth-order valence-electron chi connectivity index (χ4n) is 3.73. The SMILES string of the molecule is CC(C)(C)C.CC(CNCc1cc(F)c(Cl)cc1NC=O)c1cccc(Cl)c1.CN(C)CC(=O)N1CCN(C=O)CC1. The van der Waals surface area contributed by atoms with Crippen molar-refractivity contribution in [2.75, 3.05) is 58.7 Å². The van der Waals surface area contributed by atoms with Gasteiger partial charge in [0.15, 0.2) is 0 Å². The zero-order valence-electron chi connectivity index (χ0n) is 25.8. The van der Waals surface area contributed by atoms with Crippen molar-refractivity contribution in [1.29, 1.82) is 0 Å². The van der Waals surface area contributed by atoms with Crippen LogP contribution in [0, 0.1) is 11.2 Å². The lowest BCUT2D eigenvalue weighted by Gasteiger charge is -2.33. The first-order chi connectivity index (χ1) is 19.6. The van der Waals surface area contributed by atoms with Crippen LogP contribution in [-0.4, -0.2) is 86.8 Å². The molecule has 42 heavy (non-hydrogen) atoms. The number of amides is 3. The minimum absolute atomic E-state index is 0.0228. The predicted octanol–water partition coefficient (Wildman–Crippen LogP) is 5.50. The van der Waals surface area contributed by atoms with Gasteiger partial charge in [-0.05, 0) is 60.8 Å². The van der Waals surface area contributed by atoms with Gasteiger partial charge in [0.1, 0.15) is 5.82 Å². The Bertz CT molecular complexity index is 1130. The molecule has 1 aliphatic heterocycles. The van der Waals surface area contributed by atoms with Crippen molar-refractivity contribution in [3.63, 3.8) is 0 Å². The molecular formula is C31H46Cl2FN5O3. The van der Waals surface area contributed by atoms with Crippen LogP contribution in [0.25, 0.3) is 0 Å². The van der Waals surface area contributed by atoms with Gasteiger partial charge in [0.05, 0.1) is 11.6 Å². The number of likely N-dealkylation sites (N-methyl/N-ethyl adjacent to an activating group) is 1. The van der Waals surface area contributed by atoms with E-state index in [1.54, 1.807) is 9.80 Å². The van der Waals surface area contributed by atoms with Gasteiger partial charge in [0.25, 0.3) is 0 Å². The van der Waals surface area contributed by atoms with Crippen LogP contribution in [0.5, 0.6) is 0 Å². The highest BCUT2D eigenvalue weighted by atomic mass is 35.5. The summed E-state index contributed by atoms with van der Waals surface area (Å²) < 4.78 is 13.6. The van der Waals surface area contributed by atoms with Crippen LogP contribution >= 0.6 is 23.2 Å². The zero-order chi connectivity index (χ0) is 31.9. The third kappa shape index (κ3) is 15.5. The maximum atomic E-state index is 13.6. The Morgan fingerprint density at radius 2 is 1.69 bits per heavy atom. The Morgan fingerprint density at radius 3 is 2.21 bits per heavy atom. The number of carbonyl (C=O) groups is 3. The molecule has 0 aliphatic carbocycles. The second-order valence-electron chi connectivity index (χ2n) is 12.0. The first kappa shape index (κ1) is 37.3. The lowest BCUT2D eigenvalue weighted by atomic mass is 10.0.